The minimum absolute atomic E-state index is 0.476. The summed E-state index contributed by atoms with van der Waals surface area (Å²) >= 11 is 12.0. The quantitative estimate of drug-likeness (QED) is 0.802. The van der Waals surface area contributed by atoms with Gasteiger partial charge in [0, 0.05) is 11.1 Å². The van der Waals surface area contributed by atoms with Crippen LogP contribution in [-0.4, -0.2) is 6.04 Å². The van der Waals surface area contributed by atoms with Crippen molar-refractivity contribution in [2.75, 3.05) is 5.32 Å². The van der Waals surface area contributed by atoms with E-state index in [1.54, 1.807) is 6.07 Å². The first-order chi connectivity index (χ1) is 7.65. The molecule has 1 aromatic carbocycles. The van der Waals surface area contributed by atoms with Crippen LogP contribution in [0.2, 0.25) is 10.0 Å². The zero-order chi connectivity index (χ0) is 11.5. The number of hydrogen-bond donors (Lipinski definition) is 1. The van der Waals surface area contributed by atoms with E-state index in [-0.39, 0.29) is 0 Å². The summed E-state index contributed by atoms with van der Waals surface area (Å²) in [7, 11) is 0. The Balaban J connectivity index is 1.91. The van der Waals surface area contributed by atoms with Gasteiger partial charge in [-0.3, -0.25) is 0 Å². The Morgan fingerprint density at radius 2 is 2.12 bits per heavy atom. The lowest BCUT2D eigenvalue weighted by atomic mass is 9.81. The average Bonchev–Trinajstić information content (AvgIpc) is 2.16. The molecule has 1 aromatic rings. The van der Waals surface area contributed by atoms with Crippen molar-refractivity contribution in [2.24, 2.45) is 5.92 Å². The SMILES string of the molecule is CC(CC1CCC1)Nc1ccc(Cl)cc1Cl. The molecular formula is C13H17Cl2N. The molecule has 1 N–H and O–H groups in total. The maximum Gasteiger partial charge on any atom is 0.0652 e. The summed E-state index contributed by atoms with van der Waals surface area (Å²) in [6.07, 6.45) is 5.42. The van der Waals surface area contributed by atoms with Crippen LogP contribution in [0.25, 0.3) is 0 Å². The fourth-order valence-electron chi connectivity index (χ4n) is 2.16. The van der Waals surface area contributed by atoms with Gasteiger partial charge in [0.15, 0.2) is 0 Å². The van der Waals surface area contributed by atoms with Crippen molar-refractivity contribution in [3.8, 4) is 0 Å². The van der Waals surface area contributed by atoms with Crippen molar-refractivity contribution in [3.63, 3.8) is 0 Å². The number of hydrogen-bond acceptors (Lipinski definition) is 1. The van der Waals surface area contributed by atoms with Crippen LogP contribution in [0.4, 0.5) is 5.69 Å². The summed E-state index contributed by atoms with van der Waals surface area (Å²) < 4.78 is 0. The minimum Gasteiger partial charge on any atom is -0.381 e. The summed E-state index contributed by atoms with van der Waals surface area (Å²) in [4.78, 5) is 0. The molecule has 1 fully saturated rings. The van der Waals surface area contributed by atoms with Crippen molar-refractivity contribution in [3.05, 3.63) is 28.2 Å². The van der Waals surface area contributed by atoms with Crippen LogP contribution < -0.4 is 5.32 Å². The maximum absolute atomic E-state index is 6.11. The van der Waals surface area contributed by atoms with Gasteiger partial charge in [-0.15, -0.1) is 0 Å². The Morgan fingerprint density at radius 3 is 2.69 bits per heavy atom. The van der Waals surface area contributed by atoms with Gasteiger partial charge in [-0.2, -0.15) is 0 Å². The summed E-state index contributed by atoms with van der Waals surface area (Å²) in [5, 5.41) is 4.83. The standard InChI is InChI=1S/C13H17Cl2N/c1-9(7-10-3-2-4-10)16-13-6-5-11(14)8-12(13)15/h5-6,8-10,16H,2-4,7H2,1H3. The van der Waals surface area contributed by atoms with Gasteiger partial charge in [0.25, 0.3) is 0 Å². The molecule has 16 heavy (non-hydrogen) atoms. The molecule has 0 amide bonds. The molecule has 1 nitrogen and oxygen atoms in total. The minimum atomic E-state index is 0.476. The predicted octanol–water partition coefficient (Wildman–Crippen LogP) is 4.98. The van der Waals surface area contributed by atoms with E-state index in [1.807, 2.05) is 12.1 Å². The first-order valence-electron chi connectivity index (χ1n) is 5.87. The van der Waals surface area contributed by atoms with Crippen molar-refractivity contribution >= 4 is 28.9 Å². The first-order valence-corrected chi connectivity index (χ1v) is 6.62. The van der Waals surface area contributed by atoms with Crippen molar-refractivity contribution in [1.29, 1.82) is 0 Å². The second-order valence-electron chi connectivity index (χ2n) is 4.70. The number of halogens is 2. The van der Waals surface area contributed by atoms with Crippen LogP contribution >= 0.6 is 23.2 Å². The number of anilines is 1. The summed E-state index contributed by atoms with van der Waals surface area (Å²) in [5.41, 5.74) is 0.984. The fourth-order valence-corrected chi connectivity index (χ4v) is 2.62. The topological polar surface area (TPSA) is 12.0 Å². The summed E-state index contributed by atoms with van der Waals surface area (Å²) in [5.74, 6) is 0.911. The molecule has 3 heteroatoms. The number of benzene rings is 1. The molecule has 1 saturated carbocycles. The lowest BCUT2D eigenvalue weighted by molar-refractivity contribution is 0.286. The van der Waals surface area contributed by atoms with Crippen molar-refractivity contribution in [1.82, 2.24) is 0 Å². The smallest absolute Gasteiger partial charge is 0.0652 e. The van der Waals surface area contributed by atoms with Gasteiger partial charge in [0.05, 0.1) is 10.7 Å². The van der Waals surface area contributed by atoms with Gasteiger partial charge in [0.1, 0.15) is 0 Å². The van der Waals surface area contributed by atoms with Gasteiger partial charge < -0.3 is 5.32 Å². The fraction of sp³-hybridized carbons (Fsp3) is 0.538. The molecule has 0 saturated heterocycles. The Morgan fingerprint density at radius 1 is 1.38 bits per heavy atom. The second-order valence-corrected chi connectivity index (χ2v) is 5.55. The van der Waals surface area contributed by atoms with Gasteiger partial charge in [-0.25, -0.2) is 0 Å². The molecule has 1 unspecified atom stereocenters. The molecule has 0 heterocycles. The number of rotatable bonds is 4. The average molecular weight is 258 g/mol. The zero-order valence-corrected chi connectivity index (χ0v) is 11.0. The number of nitrogens with one attached hydrogen (secondary N) is 1. The van der Waals surface area contributed by atoms with Gasteiger partial charge in [-0.1, -0.05) is 42.5 Å². The Bertz CT molecular complexity index is 361. The van der Waals surface area contributed by atoms with E-state index < -0.39 is 0 Å². The molecule has 0 spiro atoms. The molecule has 0 bridgehead atoms. The summed E-state index contributed by atoms with van der Waals surface area (Å²) in [6.45, 7) is 2.21. The molecule has 88 valence electrons. The highest BCUT2D eigenvalue weighted by Gasteiger charge is 2.20. The molecular weight excluding hydrogens is 241 g/mol. The first kappa shape index (κ1) is 12.1. The highest BCUT2D eigenvalue weighted by Crippen LogP contribution is 2.32. The molecule has 1 aliphatic carbocycles. The molecule has 1 atom stereocenters. The second kappa shape index (κ2) is 5.29. The van der Waals surface area contributed by atoms with E-state index >= 15 is 0 Å². The largest absolute Gasteiger partial charge is 0.381 e. The third-order valence-corrected chi connectivity index (χ3v) is 3.79. The summed E-state index contributed by atoms with van der Waals surface area (Å²) in [6, 6.07) is 6.07. The predicted molar refractivity (Wildman–Crippen MR) is 71.5 cm³/mol. The Labute approximate surface area is 107 Å². The molecule has 0 aliphatic heterocycles. The lowest BCUT2D eigenvalue weighted by Crippen LogP contribution is -2.23. The van der Waals surface area contributed by atoms with Crippen molar-refractivity contribution in [2.45, 2.75) is 38.6 Å². The third kappa shape index (κ3) is 3.05. The van der Waals surface area contributed by atoms with Gasteiger partial charge in [0.2, 0.25) is 0 Å². The molecule has 2 rings (SSSR count). The Kier molecular flexibility index (Phi) is 3.99. The van der Waals surface area contributed by atoms with Gasteiger partial charge >= 0.3 is 0 Å². The van der Waals surface area contributed by atoms with E-state index in [2.05, 4.69) is 12.2 Å². The molecule has 1 aliphatic rings. The molecule has 0 radical (unpaired) electrons. The van der Waals surface area contributed by atoms with E-state index in [0.29, 0.717) is 16.1 Å². The van der Waals surface area contributed by atoms with E-state index in [4.69, 9.17) is 23.2 Å². The van der Waals surface area contributed by atoms with E-state index in [9.17, 15) is 0 Å². The van der Waals surface area contributed by atoms with Crippen LogP contribution in [0.3, 0.4) is 0 Å². The highest BCUT2D eigenvalue weighted by atomic mass is 35.5. The molecule has 0 aromatic heterocycles. The normalized spacial score (nSPS) is 17.9. The lowest BCUT2D eigenvalue weighted by Gasteiger charge is -2.29. The van der Waals surface area contributed by atoms with E-state index in [0.717, 1.165) is 11.6 Å². The third-order valence-electron chi connectivity index (χ3n) is 3.24. The maximum atomic E-state index is 6.11. The highest BCUT2D eigenvalue weighted by molar-refractivity contribution is 6.36. The van der Waals surface area contributed by atoms with E-state index in [1.165, 1.54) is 25.7 Å². The van der Waals surface area contributed by atoms with Gasteiger partial charge in [-0.05, 0) is 37.5 Å². The zero-order valence-electron chi connectivity index (χ0n) is 9.47. The van der Waals surface area contributed by atoms with Crippen LogP contribution in [0.15, 0.2) is 18.2 Å². The van der Waals surface area contributed by atoms with Crippen LogP contribution in [0.1, 0.15) is 32.6 Å². The van der Waals surface area contributed by atoms with Crippen LogP contribution in [0.5, 0.6) is 0 Å². The monoisotopic (exact) mass is 257 g/mol. The van der Waals surface area contributed by atoms with Crippen molar-refractivity contribution < 1.29 is 0 Å². The Hall–Kier alpha value is -0.400. The van der Waals surface area contributed by atoms with Crippen LogP contribution in [0, 0.1) is 5.92 Å². The van der Waals surface area contributed by atoms with Crippen LogP contribution in [-0.2, 0) is 0 Å².